The molecule has 2 aliphatic heterocycles. The Bertz CT molecular complexity index is 759. The number of aliphatic carboxylic acids is 1. The largest absolute Gasteiger partial charge is 0.485 e. The lowest BCUT2D eigenvalue weighted by atomic mass is 10.1. The highest BCUT2D eigenvalue weighted by molar-refractivity contribution is 5.70. The summed E-state index contributed by atoms with van der Waals surface area (Å²) in [6, 6.07) is 16.0. The molecule has 0 aromatic heterocycles. The first-order chi connectivity index (χ1) is 12.2. The van der Waals surface area contributed by atoms with Gasteiger partial charge in [-0.05, 0) is 36.2 Å². The van der Waals surface area contributed by atoms with Gasteiger partial charge in [-0.25, -0.2) is 0 Å². The molecule has 0 saturated carbocycles. The smallest absolute Gasteiger partial charge is 0.307 e. The summed E-state index contributed by atoms with van der Waals surface area (Å²) in [6.45, 7) is 2.76. The average molecular weight is 339 g/mol. The highest BCUT2D eigenvalue weighted by Gasteiger charge is 2.28. The summed E-state index contributed by atoms with van der Waals surface area (Å²) in [5, 5.41) is 9.10. The van der Waals surface area contributed by atoms with Gasteiger partial charge in [0, 0.05) is 13.1 Å². The van der Waals surface area contributed by atoms with Crippen LogP contribution in [-0.4, -0.2) is 35.7 Å². The number of hydrogen-bond donors (Lipinski definition) is 1. The number of carboxylic acid groups (broad SMARTS) is 1. The Labute approximate surface area is 146 Å². The van der Waals surface area contributed by atoms with Crippen LogP contribution in [0.5, 0.6) is 11.5 Å². The second kappa shape index (κ2) is 6.76. The SMILES string of the molecule is O=C(O)[C@@H]1CCN(Cc2ccc([C@H]3COc4ccccc4O3)cc2)C1. The van der Waals surface area contributed by atoms with Crippen LogP contribution in [0.15, 0.2) is 48.5 Å². The molecule has 2 aromatic carbocycles. The fourth-order valence-electron chi connectivity index (χ4n) is 3.46. The summed E-state index contributed by atoms with van der Waals surface area (Å²) < 4.78 is 11.8. The standard InChI is InChI=1S/C20H21NO4/c22-20(23)16-9-10-21(12-16)11-14-5-7-15(8-6-14)19-13-24-17-3-1-2-4-18(17)25-19/h1-8,16,19H,9-13H2,(H,22,23)/t16-,19-/m1/s1. The molecule has 2 atom stereocenters. The van der Waals surface area contributed by atoms with Gasteiger partial charge in [0.25, 0.3) is 0 Å². The second-order valence-corrected chi connectivity index (χ2v) is 6.66. The lowest BCUT2D eigenvalue weighted by Crippen LogP contribution is -2.23. The molecule has 0 amide bonds. The van der Waals surface area contributed by atoms with Crippen molar-refractivity contribution in [3.8, 4) is 11.5 Å². The summed E-state index contributed by atoms with van der Waals surface area (Å²) in [5.41, 5.74) is 2.27. The predicted octanol–water partition coefficient (Wildman–Crippen LogP) is 3.11. The molecule has 2 heterocycles. The Kier molecular flexibility index (Phi) is 4.32. The number of fused-ring (bicyclic) bond motifs is 1. The normalized spacial score (nSPS) is 22.7. The van der Waals surface area contributed by atoms with E-state index in [1.54, 1.807) is 0 Å². The van der Waals surface area contributed by atoms with Crippen molar-refractivity contribution >= 4 is 5.97 Å². The highest BCUT2D eigenvalue weighted by Crippen LogP contribution is 2.35. The lowest BCUT2D eigenvalue weighted by molar-refractivity contribution is -0.141. The summed E-state index contributed by atoms with van der Waals surface area (Å²) in [5.74, 6) is 0.650. The topological polar surface area (TPSA) is 59.0 Å². The first kappa shape index (κ1) is 16.0. The molecule has 1 fully saturated rings. The van der Waals surface area contributed by atoms with Crippen LogP contribution >= 0.6 is 0 Å². The van der Waals surface area contributed by atoms with E-state index in [9.17, 15) is 4.79 Å². The Morgan fingerprint density at radius 1 is 1.12 bits per heavy atom. The Balaban J connectivity index is 1.39. The van der Waals surface area contributed by atoms with E-state index in [4.69, 9.17) is 14.6 Å². The van der Waals surface area contributed by atoms with E-state index in [-0.39, 0.29) is 12.0 Å². The van der Waals surface area contributed by atoms with E-state index in [0.717, 1.165) is 36.6 Å². The zero-order chi connectivity index (χ0) is 17.2. The molecule has 0 radical (unpaired) electrons. The number of likely N-dealkylation sites (tertiary alicyclic amines) is 1. The molecule has 5 nitrogen and oxygen atoms in total. The summed E-state index contributed by atoms with van der Waals surface area (Å²) in [4.78, 5) is 13.3. The van der Waals surface area contributed by atoms with Gasteiger partial charge in [-0.3, -0.25) is 9.69 Å². The molecule has 5 heteroatoms. The molecule has 4 rings (SSSR count). The van der Waals surface area contributed by atoms with Crippen LogP contribution in [0.1, 0.15) is 23.7 Å². The minimum atomic E-state index is -0.687. The summed E-state index contributed by atoms with van der Waals surface area (Å²) in [6.07, 6.45) is 0.632. The molecule has 0 unspecified atom stereocenters. The molecule has 1 saturated heterocycles. The maximum atomic E-state index is 11.1. The molecule has 25 heavy (non-hydrogen) atoms. The maximum Gasteiger partial charge on any atom is 0.307 e. The molecule has 0 bridgehead atoms. The third-order valence-electron chi connectivity index (χ3n) is 4.89. The number of hydrogen-bond acceptors (Lipinski definition) is 4. The van der Waals surface area contributed by atoms with Gasteiger partial charge in [-0.1, -0.05) is 36.4 Å². The van der Waals surface area contributed by atoms with Gasteiger partial charge in [-0.2, -0.15) is 0 Å². The molecule has 1 N–H and O–H groups in total. The third kappa shape index (κ3) is 3.46. The molecule has 130 valence electrons. The summed E-state index contributed by atoms with van der Waals surface area (Å²) in [7, 11) is 0. The Hall–Kier alpha value is -2.53. The van der Waals surface area contributed by atoms with Crippen LogP contribution in [0.2, 0.25) is 0 Å². The fraction of sp³-hybridized carbons (Fsp3) is 0.350. The van der Waals surface area contributed by atoms with Crippen molar-refractivity contribution in [1.29, 1.82) is 0 Å². The van der Waals surface area contributed by atoms with Crippen LogP contribution in [0.4, 0.5) is 0 Å². The zero-order valence-corrected chi connectivity index (χ0v) is 13.9. The Morgan fingerprint density at radius 2 is 1.88 bits per heavy atom. The van der Waals surface area contributed by atoms with Crippen molar-refractivity contribution in [3.05, 3.63) is 59.7 Å². The Morgan fingerprint density at radius 3 is 2.60 bits per heavy atom. The lowest BCUT2D eigenvalue weighted by Gasteiger charge is -2.27. The quantitative estimate of drug-likeness (QED) is 0.927. The molecule has 2 aliphatic rings. The van der Waals surface area contributed by atoms with Crippen LogP contribution in [0, 0.1) is 5.92 Å². The van der Waals surface area contributed by atoms with E-state index >= 15 is 0 Å². The maximum absolute atomic E-state index is 11.1. The van der Waals surface area contributed by atoms with Crippen LogP contribution < -0.4 is 9.47 Å². The van der Waals surface area contributed by atoms with Crippen molar-refractivity contribution in [2.45, 2.75) is 19.1 Å². The number of nitrogens with zero attached hydrogens (tertiary/aromatic N) is 1. The van der Waals surface area contributed by atoms with Gasteiger partial charge in [0.05, 0.1) is 5.92 Å². The van der Waals surface area contributed by atoms with Crippen molar-refractivity contribution in [1.82, 2.24) is 4.90 Å². The van der Waals surface area contributed by atoms with Crippen molar-refractivity contribution in [2.24, 2.45) is 5.92 Å². The van der Waals surface area contributed by atoms with Gasteiger partial charge in [0.1, 0.15) is 6.61 Å². The highest BCUT2D eigenvalue weighted by atomic mass is 16.6. The predicted molar refractivity (Wildman–Crippen MR) is 92.8 cm³/mol. The number of carboxylic acids is 1. The van der Waals surface area contributed by atoms with Crippen LogP contribution in [0.3, 0.4) is 0 Å². The first-order valence-corrected chi connectivity index (χ1v) is 8.61. The molecular weight excluding hydrogens is 318 g/mol. The number of carbonyl (C=O) groups is 1. The second-order valence-electron chi connectivity index (χ2n) is 6.66. The monoisotopic (exact) mass is 339 g/mol. The van der Waals surface area contributed by atoms with E-state index in [2.05, 4.69) is 29.2 Å². The molecule has 0 spiro atoms. The van der Waals surface area contributed by atoms with Gasteiger partial charge < -0.3 is 14.6 Å². The van der Waals surface area contributed by atoms with E-state index in [1.807, 2.05) is 24.3 Å². The number of ether oxygens (including phenoxy) is 2. The first-order valence-electron chi connectivity index (χ1n) is 8.61. The van der Waals surface area contributed by atoms with Crippen molar-refractivity contribution in [2.75, 3.05) is 19.7 Å². The fourth-order valence-corrected chi connectivity index (χ4v) is 3.46. The van der Waals surface area contributed by atoms with Crippen LogP contribution in [0.25, 0.3) is 0 Å². The van der Waals surface area contributed by atoms with Gasteiger partial charge in [0.2, 0.25) is 0 Å². The van der Waals surface area contributed by atoms with Crippen molar-refractivity contribution < 1.29 is 19.4 Å². The molecular formula is C20H21NO4. The number of para-hydroxylation sites is 2. The molecule has 2 aromatic rings. The minimum Gasteiger partial charge on any atom is -0.485 e. The van der Waals surface area contributed by atoms with E-state index < -0.39 is 5.97 Å². The van der Waals surface area contributed by atoms with Gasteiger partial charge in [0.15, 0.2) is 17.6 Å². The van der Waals surface area contributed by atoms with E-state index in [1.165, 1.54) is 5.56 Å². The van der Waals surface area contributed by atoms with Gasteiger partial charge >= 0.3 is 5.97 Å². The number of benzene rings is 2. The third-order valence-corrected chi connectivity index (χ3v) is 4.89. The average Bonchev–Trinajstić information content (AvgIpc) is 3.11. The van der Waals surface area contributed by atoms with Gasteiger partial charge in [-0.15, -0.1) is 0 Å². The number of rotatable bonds is 4. The zero-order valence-electron chi connectivity index (χ0n) is 13.9. The van der Waals surface area contributed by atoms with Crippen LogP contribution in [-0.2, 0) is 11.3 Å². The summed E-state index contributed by atoms with van der Waals surface area (Å²) >= 11 is 0. The van der Waals surface area contributed by atoms with Crippen molar-refractivity contribution in [3.63, 3.8) is 0 Å². The van der Waals surface area contributed by atoms with E-state index in [0.29, 0.717) is 13.2 Å². The minimum absolute atomic E-state index is 0.105. The molecule has 0 aliphatic carbocycles.